The van der Waals surface area contributed by atoms with Crippen molar-refractivity contribution in [3.8, 4) is 0 Å². The molecule has 0 saturated carbocycles. The van der Waals surface area contributed by atoms with Crippen molar-refractivity contribution in [2.24, 2.45) is 5.92 Å². The largest absolute Gasteiger partial charge is 0.352 e. The van der Waals surface area contributed by atoms with Crippen LogP contribution in [0.3, 0.4) is 0 Å². The molecule has 0 aliphatic carbocycles. The first-order valence-electron chi connectivity index (χ1n) is 6.99. The molecule has 2 saturated heterocycles. The Morgan fingerprint density at radius 1 is 1.32 bits per heavy atom. The first-order chi connectivity index (χ1) is 8.25. The van der Waals surface area contributed by atoms with Crippen LogP contribution in [0.4, 0.5) is 0 Å². The zero-order valence-electron chi connectivity index (χ0n) is 11.7. The van der Waals surface area contributed by atoms with Gasteiger partial charge in [0.05, 0.1) is 5.92 Å². The third-order valence-electron chi connectivity index (χ3n) is 3.80. The van der Waals surface area contributed by atoms with Crippen LogP contribution < -0.4 is 10.6 Å². The Bertz CT molecular complexity index is 254. The Labute approximate surface area is 128 Å². The predicted octanol–water partition coefficient (Wildman–Crippen LogP) is 1.43. The van der Waals surface area contributed by atoms with Gasteiger partial charge in [0.15, 0.2) is 0 Å². The van der Waals surface area contributed by atoms with Crippen molar-refractivity contribution >= 4 is 30.7 Å². The van der Waals surface area contributed by atoms with Crippen molar-refractivity contribution in [3.05, 3.63) is 0 Å². The zero-order valence-corrected chi connectivity index (χ0v) is 13.3. The number of nitrogens with zero attached hydrogens (tertiary/aromatic N) is 1. The number of hydrogen-bond donors (Lipinski definition) is 2. The smallest absolute Gasteiger partial charge is 0.224 e. The lowest BCUT2D eigenvalue weighted by atomic mass is 10.1. The van der Waals surface area contributed by atoms with Gasteiger partial charge in [0.25, 0.3) is 0 Å². The summed E-state index contributed by atoms with van der Waals surface area (Å²) in [5.74, 6) is 0.429. The van der Waals surface area contributed by atoms with Gasteiger partial charge in [0.1, 0.15) is 0 Å². The maximum atomic E-state index is 11.9. The molecule has 4 nitrogen and oxygen atoms in total. The summed E-state index contributed by atoms with van der Waals surface area (Å²) in [6, 6.07) is 0.279. The van der Waals surface area contributed by atoms with E-state index in [1.165, 1.54) is 32.4 Å². The summed E-state index contributed by atoms with van der Waals surface area (Å²) in [6.45, 7) is 7.36. The number of likely N-dealkylation sites (tertiary alicyclic amines) is 1. The molecule has 2 rings (SSSR count). The van der Waals surface area contributed by atoms with Crippen molar-refractivity contribution in [1.82, 2.24) is 15.5 Å². The lowest BCUT2D eigenvalue weighted by Crippen LogP contribution is -2.45. The molecule has 2 aliphatic heterocycles. The maximum Gasteiger partial charge on any atom is 0.224 e. The second kappa shape index (κ2) is 9.81. The molecule has 2 fully saturated rings. The number of halogens is 2. The van der Waals surface area contributed by atoms with Gasteiger partial charge in [0, 0.05) is 19.1 Å². The molecular formula is C13H27Cl2N3O. The van der Waals surface area contributed by atoms with Gasteiger partial charge in [-0.25, -0.2) is 0 Å². The normalized spacial score (nSPS) is 25.0. The minimum absolute atomic E-state index is 0. The summed E-state index contributed by atoms with van der Waals surface area (Å²) in [6.07, 6.45) is 4.98. The van der Waals surface area contributed by atoms with Crippen LogP contribution in [0.5, 0.6) is 0 Å². The Morgan fingerprint density at radius 2 is 2.00 bits per heavy atom. The van der Waals surface area contributed by atoms with Gasteiger partial charge in [-0.2, -0.15) is 0 Å². The van der Waals surface area contributed by atoms with Crippen molar-refractivity contribution in [3.63, 3.8) is 0 Å². The van der Waals surface area contributed by atoms with Crippen LogP contribution in [0.2, 0.25) is 0 Å². The lowest BCUT2D eigenvalue weighted by molar-refractivity contribution is -0.125. The topological polar surface area (TPSA) is 44.4 Å². The van der Waals surface area contributed by atoms with Crippen molar-refractivity contribution in [2.45, 2.75) is 38.6 Å². The first kappa shape index (κ1) is 19.0. The van der Waals surface area contributed by atoms with Gasteiger partial charge in [-0.05, 0) is 45.8 Å². The van der Waals surface area contributed by atoms with E-state index >= 15 is 0 Å². The molecule has 0 aromatic carbocycles. The Balaban J connectivity index is 0.00000162. The molecule has 2 N–H and O–H groups in total. The van der Waals surface area contributed by atoms with Crippen molar-refractivity contribution < 1.29 is 4.79 Å². The second-order valence-corrected chi connectivity index (χ2v) is 5.46. The quantitative estimate of drug-likeness (QED) is 0.825. The predicted molar refractivity (Wildman–Crippen MR) is 83.4 cm³/mol. The SMILES string of the molecule is CC(CN1CCCCC1)NC(=O)C1CCNC1.Cl.Cl. The molecule has 0 aromatic heterocycles. The molecule has 2 unspecified atom stereocenters. The van der Waals surface area contributed by atoms with E-state index in [1.54, 1.807) is 0 Å². The number of rotatable bonds is 4. The highest BCUT2D eigenvalue weighted by Crippen LogP contribution is 2.10. The van der Waals surface area contributed by atoms with Gasteiger partial charge < -0.3 is 15.5 Å². The number of nitrogens with one attached hydrogen (secondary N) is 2. The van der Waals surface area contributed by atoms with E-state index < -0.39 is 0 Å². The van der Waals surface area contributed by atoms with E-state index in [1.807, 2.05) is 0 Å². The molecule has 1 amide bonds. The van der Waals surface area contributed by atoms with Crippen LogP contribution in [0.1, 0.15) is 32.6 Å². The molecular weight excluding hydrogens is 285 g/mol. The van der Waals surface area contributed by atoms with Gasteiger partial charge in [-0.3, -0.25) is 4.79 Å². The van der Waals surface area contributed by atoms with Crippen LogP contribution >= 0.6 is 24.8 Å². The van der Waals surface area contributed by atoms with E-state index in [0.717, 1.165) is 26.1 Å². The molecule has 2 aliphatic rings. The molecule has 2 heterocycles. The number of hydrogen-bond acceptors (Lipinski definition) is 3. The maximum absolute atomic E-state index is 11.9. The summed E-state index contributed by atoms with van der Waals surface area (Å²) < 4.78 is 0. The average molecular weight is 312 g/mol. The third-order valence-corrected chi connectivity index (χ3v) is 3.80. The van der Waals surface area contributed by atoms with Crippen LogP contribution in [0, 0.1) is 5.92 Å². The van der Waals surface area contributed by atoms with E-state index in [2.05, 4.69) is 22.5 Å². The van der Waals surface area contributed by atoms with Gasteiger partial charge in [0.2, 0.25) is 5.91 Å². The fourth-order valence-electron chi connectivity index (χ4n) is 2.81. The highest BCUT2D eigenvalue weighted by molar-refractivity contribution is 5.85. The second-order valence-electron chi connectivity index (χ2n) is 5.46. The van der Waals surface area contributed by atoms with Gasteiger partial charge in [-0.1, -0.05) is 6.42 Å². The number of carbonyl (C=O) groups excluding carboxylic acids is 1. The number of carbonyl (C=O) groups is 1. The minimum atomic E-state index is 0. The minimum Gasteiger partial charge on any atom is -0.352 e. The molecule has 0 bridgehead atoms. The van der Waals surface area contributed by atoms with E-state index in [-0.39, 0.29) is 42.7 Å². The molecule has 2 atom stereocenters. The lowest BCUT2D eigenvalue weighted by Gasteiger charge is -2.29. The van der Waals surface area contributed by atoms with E-state index in [9.17, 15) is 4.79 Å². The fourth-order valence-corrected chi connectivity index (χ4v) is 2.81. The Kier molecular flexibility index (Phi) is 9.79. The summed E-state index contributed by atoms with van der Waals surface area (Å²) in [4.78, 5) is 14.4. The van der Waals surface area contributed by atoms with Crippen LogP contribution in [0.25, 0.3) is 0 Å². The highest BCUT2D eigenvalue weighted by atomic mass is 35.5. The summed E-state index contributed by atoms with van der Waals surface area (Å²) in [5.41, 5.74) is 0. The molecule has 0 spiro atoms. The molecule has 0 aromatic rings. The van der Waals surface area contributed by atoms with E-state index in [4.69, 9.17) is 0 Å². The number of piperidine rings is 1. The van der Waals surface area contributed by atoms with Crippen molar-refractivity contribution in [1.29, 1.82) is 0 Å². The first-order valence-corrected chi connectivity index (χ1v) is 6.99. The van der Waals surface area contributed by atoms with Crippen molar-refractivity contribution in [2.75, 3.05) is 32.7 Å². The molecule has 0 radical (unpaired) electrons. The average Bonchev–Trinajstić information content (AvgIpc) is 2.83. The fraction of sp³-hybridized carbons (Fsp3) is 0.923. The molecule has 114 valence electrons. The number of amides is 1. The Hall–Kier alpha value is -0.0300. The highest BCUT2D eigenvalue weighted by Gasteiger charge is 2.24. The molecule has 6 heteroatoms. The van der Waals surface area contributed by atoms with Crippen LogP contribution in [0.15, 0.2) is 0 Å². The monoisotopic (exact) mass is 311 g/mol. The Morgan fingerprint density at radius 3 is 2.58 bits per heavy atom. The molecule has 19 heavy (non-hydrogen) atoms. The van der Waals surface area contributed by atoms with E-state index in [0.29, 0.717) is 0 Å². The third kappa shape index (κ3) is 6.30. The van der Waals surface area contributed by atoms with Crippen LogP contribution in [-0.2, 0) is 4.79 Å². The summed E-state index contributed by atoms with van der Waals surface area (Å²) in [7, 11) is 0. The summed E-state index contributed by atoms with van der Waals surface area (Å²) >= 11 is 0. The van der Waals surface area contributed by atoms with Gasteiger partial charge in [-0.15, -0.1) is 24.8 Å². The van der Waals surface area contributed by atoms with Crippen LogP contribution in [-0.4, -0.2) is 49.6 Å². The van der Waals surface area contributed by atoms with Gasteiger partial charge >= 0.3 is 0 Å². The standard InChI is InChI=1S/C13H25N3O.2ClH/c1-11(10-16-7-3-2-4-8-16)15-13(17)12-5-6-14-9-12;;/h11-12,14H,2-10H2,1H3,(H,15,17);2*1H. The zero-order chi connectivity index (χ0) is 12.1. The summed E-state index contributed by atoms with van der Waals surface area (Å²) in [5, 5.41) is 6.39.